The van der Waals surface area contributed by atoms with Crippen molar-refractivity contribution in [2.45, 2.75) is 20.5 Å². The number of furan rings is 1. The summed E-state index contributed by atoms with van der Waals surface area (Å²) in [6, 6.07) is 12.6. The van der Waals surface area contributed by atoms with Gasteiger partial charge in [0.05, 0.1) is 0 Å². The zero-order valence-corrected chi connectivity index (χ0v) is 15.8. The Bertz CT molecular complexity index is 889. The van der Waals surface area contributed by atoms with Crippen LogP contribution in [0.2, 0.25) is 0 Å². The Kier molecular flexibility index (Phi) is 5.52. The van der Waals surface area contributed by atoms with Crippen LogP contribution in [0.4, 0.5) is 5.95 Å². The number of aromatic nitrogens is 2. The minimum absolute atomic E-state index is 0.163. The second kappa shape index (κ2) is 8.01. The number of hydrogen-bond donors (Lipinski definition) is 2. The molecule has 0 aliphatic carbocycles. The van der Waals surface area contributed by atoms with Crippen molar-refractivity contribution < 1.29 is 13.9 Å². The number of nitrogens with zero attached hydrogens (tertiary/aromatic N) is 2. The van der Waals surface area contributed by atoms with E-state index in [0.717, 1.165) is 15.9 Å². The molecule has 0 radical (unpaired) electrons. The summed E-state index contributed by atoms with van der Waals surface area (Å²) in [5.41, 5.74) is 6.80. The number of carbonyl (C=O) groups is 1. The molecular formula is C18H17BrN4O3. The largest absolute Gasteiger partial charge is 0.486 e. The molecule has 1 amide bonds. The minimum Gasteiger partial charge on any atom is -0.486 e. The van der Waals surface area contributed by atoms with Crippen LogP contribution in [0.3, 0.4) is 0 Å². The van der Waals surface area contributed by atoms with Gasteiger partial charge in [-0.1, -0.05) is 15.9 Å². The van der Waals surface area contributed by atoms with Gasteiger partial charge in [-0.25, -0.2) is 9.97 Å². The lowest BCUT2D eigenvalue weighted by Crippen LogP contribution is -2.30. The smallest absolute Gasteiger partial charge is 0.305 e. The molecule has 3 rings (SSSR count). The van der Waals surface area contributed by atoms with Gasteiger partial charge in [0.15, 0.2) is 5.76 Å². The number of ether oxygens (including phenoxy) is 1. The van der Waals surface area contributed by atoms with Crippen LogP contribution in [0.5, 0.6) is 5.75 Å². The average Bonchev–Trinajstić information content (AvgIpc) is 3.07. The van der Waals surface area contributed by atoms with Crippen molar-refractivity contribution in [3.05, 3.63) is 69.8 Å². The average molecular weight is 417 g/mol. The Hall–Kier alpha value is -2.87. The maximum absolute atomic E-state index is 12.1. The van der Waals surface area contributed by atoms with E-state index in [1.165, 1.54) is 0 Å². The summed E-state index contributed by atoms with van der Waals surface area (Å²) in [6.07, 6.45) is 0. The number of rotatable bonds is 6. The van der Waals surface area contributed by atoms with Crippen LogP contribution in [-0.4, -0.2) is 15.9 Å². The van der Waals surface area contributed by atoms with Crippen LogP contribution in [0, 0.1) is 13.8 Å². The van der Waals surface area contributed by atoms with E-state index < -0.39 is 5.91 Å². The predicted molar refractivity (Wildman–Crippen MR) is 99.8 cm³/mol. The summed E-state index contributed by atoms with van der Waals surface area (Å²) < 4.78 is 12.1. The van der Waals surface area contributed by atoms with Crippen molar-refractivity contribution in [3.63, 3.8) is 0 Å². The molecule has 0 unspecified atom stereocenters. The molecule has 0 bridgehead atoms. The van der Waals surface area contributed by atoms with Gasteiger partial charge in [0.25, 0.3) is 0 Å². The van der Waals surface area contributed by atoms with E-state index in [4.69, 9.17) is 9.15 Å². The highest BCUT2D eigenvalue weighted by molar-refractivity contribution is 9.10. The molecule has 2 heterocycles. The van der Waals surface area contributed by atoms with E-state index in [9.17, 15) is 4.79 Å². The van der Waals surface area contributed by atoms with E-state index >= 15 is 0 Å². The highest BCUT2D eigenvalue weighted by Crippen LogP contribution is 2.18. The Labute approximate surface area is 158 Å². The zero-order valence-electron chi connectivity index (χ0n) is 14.2. The SMILES string of the molecule is Cc1cc(C)nc(NNC(=O)c2ccc(COc3ccc(Br)cc3)o2)n1. The molecule has 1 aromatic carbocycles. The number of carbonyl (C=O) groups excluding carboxylic acids is 1. The van der Waals surface area contributed by atoms with Gasteiger partial charge in [0, 0.05) is 15.9 Å². The topological polar surface area (TPSA) is 89.3 Å². The summed E-state index contributed by atoms with van der Waals surface area (Å²) in [6.45, 7) is 3.93. The number of nitrogens with one attached hydrogen (secondary N) is 2. The number of amides is 1. The first-order valence-corrected chi connectivity index (χ1v) is 8.64. The monoisotopic (exact) mass is 416 g/mol. The summed E-state index contributed by atoms with van der Waals surface area (Å²) in [4.78, 5) is 20.5. The Balaban J connectivity index is 1.54. The maximum Gasteiger partial charge on any atom is 0.305 e. The lowest BCUT2D eigenvalue weighted by atomic mass is 10.3. The van der Waals surface area contributed by atoms with Gasteiger partial charge in [0.2, 0.25) is 5.95 Å². The standard InChI is InChI=1S/C18H17BrN4O3/c1-11-9-12(2)21-18(20-11)23-22-17(24)16-8-7-15(26-16)10-25-14-5-3-13(19)4-6-14/h3-9H,10H2,1-2H3,(H,22,24)(H,20,21,23). The molecule has 0 aliphatic heterocycles. The third kappa shape index (κ3) is 4.82. The molecule has 0 saturated heterocycles. The summed E-state index contributed by atoms with van der Waals surface area (Å²) in [5.74, 6) is 1.31. The van der Waals surface area contributed by atoms with Crippen LogP contribution in [0.1, 0.15) is 27.7 Å². The van der Waals surface area contributed by atoms with E-state index in [1.807, 2.05) is 44.2 Å². The Morgan fingerprint density at radius 2 is 1.81 bits per heavy atom. The van der Waals surface area contributed by atoms with Crippen LogP contribution < -0.4 is 15.6 Å². The number of hydrazine groups is 1. The molecule has 2 aromatic heterocycles. The fourth-order valence-electron chi connectivity index (χ4n) is 2.22. The van der Waals surface area contributed by atoms with E-state index in [2.05, 4.69) is 36.7 Å². The third-order valence-electron chi connectivity index (χ3n) is 3.35. The van der Waals surface area contributed by atoms with Gasteiger partial charge < -0.3 is 9.15 Å². The van der Waals surface area contributed by atoms with Crippen molar-refractivity contribution in [3.8, 4) is 5.75 Å². The van der Waals surface area contributed by atoms with Crippen molar-refractivity contribution in [2.75, 3.05) is 5.43 Å². The normalized spacial score (nSPS) is 10.4. The first-order chi connectivity index (χ1) is 12.5. The van der Waals surface area contributed by atoms with Gasteiger partial charge in [-0.15, -0.1) is 0 Å². The van der Waals surface area contributed by atoms with Gasteiger partial charge in [0.1, 0.15) is 18.1 Å². The molecule has 2 N–H and O–H groups in total. The van der Waals surface area contributed by atoms with Crippen molar-refractivity contribution in [2.24, 2.45) is 0 Å². The number of hydrogen-bond acceptors (Lipinski definition) is 6. The molecule has 0 spiro atoms. The summed E-state index contributed by atoms with van der Waals surface area (Å²) >= 11 is 3.37. The van der Waals surface area contributed by atoms with Crippen molar-refractivity contribution in [1.29, 1.82) is 0 Å². The van der Waals surface area contributed by atoms with Crippen LogP contribution in [0.25, 0.3) is 0 Å². The zero-order chi connectivity index (χ0) is 18.5. The van der Waals surface area contributed by atoms with Gasteiger partial charge in [-0.05, 0) is 56.3 Å². The molecule has 0 fully saturated rings. The fourth-order valence-corrected chi connectivity index (χ4v) is 2.48. The number of benzene rings is 1. The summed E-state index contributed by atoms with van der Waals surface area (Å²) in [7, 11) is 0. The highest BCUT2D eigenvalue weighted by Gasteiger charge is 2.12. The quantitative estimate of drug-likeness (QED) is 0.594. The summed E-state index contributed by atoms with van der Waals surface area (Å²) in [5, 5.41) is 0. The first-order valence-electron chi connectivity index (χ1n) is 7.85. The van der Waals surface area contributed by atoms with Gasteiger partial charge >= 0.3 is 5.91 Å². The first kappa shape index (κ1) is 17.9. The molecular weight excluding hydrogens is 400 g/mol. The minimum atomic E-state index is -0.428. The van der Waals surface area contributed by atoms with Crippen LogP contribution >= 0.6 is 15.9 Å². The lowest BCUT2D eigenvalue weighted by Gasteiger charge is -2.07. The number of aryl methyl sites for hydroxylation is 2. The van der Waals surface area contributed by atoms with Crippen LogP contribution in [-0.2, 0) is 6.61 Å². The molecule has 134 valence electrons. The second-order valence-corrected chi connectivity index (χ2v) is 6.48. The predicted octanol–water partition coefficient (Wildman–Crippen LogP) is 3.78. The molecule has 8 heteroatoms. The maximum atomic E-state index is 12.1. The molecule has 3 aromatic rings. The van der Waals surface area contributed by atoms with Gasteiger partial charge in [-0.3, -0.25) is 15.6 Å². The Morgan fingerprint density at radius 1 is 1.12 bits per heavy atom. The van der Waals surface area contributed by atoms with E-state index in [-0.39, 0.29) is 12.4 Å². The van der Waals surface area contributed by atoms with E-state index in [1.54, 1.807) is 12.1 Å². The molecule has 0 atom stereocenters. The molecule has 7 nitrogen and oxygen atoms in total. The fraction of sp³-hybridized carbons (Fsp3) is 0.167. The third-order valence-corrected chi connectivity index (χ3v) is 3.88. The molecule has 0 aliphatic rings. The molecule has 0 saturated carbocycles. The van der Waals surface area contributed by atoms with E-state index in [0.29, 0.717) is 17.5 Å². The second-order valence-electron chi connectivity index (χ2n) is 5.56. The highest BCUT2D eigenvalue weighted by atomic mass is 79.9. The number of halogens is 1. The van der Waals surface area contributed by atoms with Crippen LogP contribution in [0.15, 0.2) is 51.4 Å². The number of anilines is 1. The Morgan fingerprint density at radius 3 is 2.50 bits per heavy atom. The lowest BCUT2D eigenvalue weighted by molar-refractivity contribution is 0.0930. The van der Waals surface area contributed by atoms with Gasteiger partial charge in [-0.2, -0.15) is 0 Å². The molecule has 26 heavy (non-hydrogen) atoms. The van der Waals surface area contributed by atoms with Crippen molar-refractivity contribution in [1.82, 2.24) is 15.4 Å². The van der Waals surface area contributed by atoms with Crippen molar-refractivity contribution >= 4 is 27.8 Å².